The van der Waals surface area contributed by atoms with Crippen LogP contribution in [0, 0.1) is 11.6 Å². The van der Waals surface area contributed by atoms with Crippen LogP contribution in [0.1, 0.15) is 24.3 Å². The Hall–Kier alpha value is -3.46. The Balaban J connectivity index is 1.49. The summed E-state index contributed by atoms with van der Waals surface area (Å²) in [7, 11) is 0. The molecule has 7 nitrogen and oxygen atoms in total. The van der Waals surface area contributed by atoms with Crippen LogP contribution < -0.4 is 10.2 Å². The average Bonchev–Trinajstić information content (AvgIpc) is 3.16. The fourth-order valence-electron chi connectivity index (χ4n) is 4.10. The number of aromatic amines is 1. The Morgan fingerprint density at radius 1 is 1.12 bits per heavy atom. The SMILES string of the molecule is CCOC(=O)c1[nH]c2ccc(F)cc2c1NC(=O)[C@H](C)N1CCN(c2ccccc2F)CC1. The van der Waals surface area contributed by atoms with Crippen molar-refractivity contribution in [2.75, 3.05) is 43.0 Å². The summed E-state index contributed by atoms with van der Waals surface area (Å²) in [6.07, 6.45) is 0. The topological polar surface area (TPSA) is 77.7 Å². The van der Waals surface area contributed by atoms with Crippen molar-refractivity contribution in [1.29, 1.82) is 0 Å². The molecule has 1 aliphatic heterocycles. The summed E-state index contributed by atoms with van der Waals surface area (Å²) < 4.78 is 33.1. The van der Waals surface area contributed by atoms with Crippen molar-refractivity contribution in [2.45, 2.75) is 19.9 Å². The number of carbonyl (C=O) groups is 2. The molecule has 2 N–H and O–H groups in total. The van der Waals surface area contributed by atoms with Gasteiger partial charge in [-0.3, -0.25) is 9.69 Å². The molecule has 9 heteroatoms. The maximum atomic E-state index is 14.1. The van der Waals surface area contributed by atoms with Gasteiger partial charge in [0.2, 0.25) is 5.91 Å². The molecule has 174 valence electrons. The van der Waals surface area contributed by atoms with Gasteiger partial charge in [-0.25, -0.2) is 13.6 Å². The van der Waals surface area contributed by atoms with E-state index in [9.17, 15) is 18.4 Å². The number of amides is 1. The van der Waals surface area contributed by atoms with Crippen molar-refractivity contribution >= 4 is 34.2 Å². The van der Waals surface area contributed by atoms with Crippen LogP contribution in [0.4, 0.5) is 20.2 Å². The molecule has 1 fully saturated rings. The number of nitrogens with one attached hydrogen (secondary N) is 2. The molecule has 0 spiro atoms. The normalized spacial score (nSPS) is 15.5. The molecule has 0 bridgehead atoms. The summed E-state index contributed by atoms with van der Waals surface area (Å²) in [6.45, 7) is 5.90. The van der Waals surface area contributed by atoms with E-state index in [0.29, 0.717) is 42.8 Å². The highest BCUT2D eigenvalue weighted by Crippen LogP contribution is 2.30. The summed E-state index contributed by atoms with van der Waals surface area (Å²) in [5.41, 5.74) is 1.34. The van der Waals surface area contributed by atoms with E-state index >= 15 is 0 Å². The quantitative estimate of drug-likeness (QED) is 0.552. The molecule has 2 aromatic carbocycles. The van der Waals surface area contributed by atoms with Gasteiger partial charge < -0.3 is 19.9 Å². The number of hydrogen-bond acceptors (Lipinski definition) is 5. The van der Waals surface area contributed by atoms with Gasteiger partial charge in [0.15, 0.2) is 0 Å². The van der Waals surface area contributed by atoms with Crippen LogP contribution in [0.2, 0.25) is 0 Å². The smallest absolute Gasteiger partial charge is 0.356 e. The summed E-state index contributed by atoms with van der Waals surface area (Å²) in [4.78, 5) is 32.4. The van der Waals surface area contributed by atoms with E-state index in [4.69, 9.17) is 4.74 Å². The third-order valence-electron chi connectivity index (χ3n) is 5.92. The van der Waals surface area contributed by atoms with Gasteiger partial charge in [0, 0.05) is 37.1 Å². The molecule has 4 rings (SSSR count). The maximum absolute atomic E-state index is 14.1. The van der Waals surface area contributed by atoms with Crippen molar-refractivity contribution in [3.63, 3.8) is 0 Å². The number of para-hydroxylation sites is 1. The summed E-state index contributed by atoms with van der Waals surface area (Å²) in [5, 5.41) is 3.19. The number of nitrogens with zero attached hydrogens (tertiary/aromatic N) is 2. The highest BCUT2D eigenvalue weighted by atomic mass is 19.1. The van der Waals surface area contributed by atoms with Crippen LogP contribution in [-0.4, -0.2) is 60.6 Å². The Morgan fingerprint density at radius 3 is 2.55 bits per heavy atom. The van der Waals surface area contributed by atoms with E-state index in [2.05, 4.69) is 10.3 Å². The molecule has 1 saturated heterocycles. The van der Waals surface area contributed by atoms with Crippen LogP contribution in [0.25, 0.3) is 10.9 Å². The Morgan fingerprint density at radius 2 is 1.85 bits per heavy atom. The van der Waals surface area contributed by atoms with Crippen molar-refractivity contribution < 1.29 is 23.1 Å². The number of H-pyrrole nitrogens is 1. The molecule has 0 aliphatic carbocycles. The van der Waals surface area contributed by atoms with E-state index in [1.54, 1.807) is 32.0 Å². The van der Waals surface area contributed by atoms with Gasteiger partial charge in [-0.05, 0) is 44.2 Å². The number of aromatic nitrogens is 1. The minimum Gasteiger partial charge on any atom is -0.461 e. The van der Waals surface area contributed by atoms with Gasteiger partial charge >= 0.3 is 5.97 Å². The first-order valence-corrected chi connectivity index (χ1v) is 10.9. The standard InChI is InChI=1S/C24H26F2N4O3/c1-3-33-24(32)22-21(17-14-16(25)8-9-19(17)27-22)28-23(31)15(2)29-10-12-30(13-11-29)20-7-5-4-6-18(20)26/h4-9,14-15,27H,3,10-13H2,1-2H3,(H,28,31)/t15-/m0/s1. The number of halogens is 2. The van der Waals surface area contributed by atoms with Gasteiger partial charge in [-0.15, -0.1) is 0 Å². The predicted molar refractivity (Wildman–Crippen MR) is 122 cm³/mol. The lowest BCUT2D eigenvalue weighted by Gasteiger charge is -2.38. The van der Waals surface area contributed by atoms with Crippen molar-refractivity contribution in [3.05, 3.63) is 59.8 Å². The van der Waals surface area contributed by atoms with E-state index in [1.807, 2.05) is 9.80 Å². The van der Waals surface area contributed by atoms with Crippen LogP contribution >= 0.6 is 0 Å². The van der Waals surface area contributed by atoms with E-state index in [1.165, 1.54) is 24.3 Å². The van der Waals surface area contributed by atoms with E-state index < -0.39 is 17.8 Å². The summed E-state index contributed by atoms with van der Waals surface area (Å²) in [5.74, 6) is -1.71. The Bertz CT molecular complexity index is 1170. The number of benzene rings is 2. The average molecular weight is 456 g/mol. The molecule has 3 aromatic rings. The van der Waals surface area contributed by atoms with Gasteiger partial charge in [-0.1, -0.05) is 12.1 Å². The van der Waals surface area contributed by atoms with Crippen LogP contribution in [-0.2, 0) is 9.53 Å². The summed E-state index contributed by atoms with van der Waals surface area (Å²) in [6, 6.07) is 10.2. The van der Waals surface area contributed by atoms with Gasteiger partial charge in [0.1, 0.15) is 17.3 Å². The number of piperazine rings is 1. The fraction of sp³-hybridized carbons (Fsp3) is 0.333. The first kappa shape index (κ1) is 22.7. The highest BCUT2D eigenvalue weighted by Gasteiger charge is 2.29. The highest BCUT2D eigenvalue weighted by molar-refractivity contribution is 6.11. The second-order valence-electron chi connectivity index (χ2n) is 7.93. The Labute approximate surface area is 190 Å². The minimum absolute atomic E-state index is 0.0716. The van der Waals surface area contributed by atoms with Gasteiger partial charge in [0.25, 0.3) is 0 Å². The van der Waals surface area contributed by atoms with E-state index in [-0.39, 0.29) is 29.7 Å². The zero-order chi connectivity index (χ0) is 23.5. The molecule has 1 atom stereocenters. The lowest BCUT2D eigenvalue weighted by atomic mass is 10.1. The molecule has 0 radical (unpaired) electrons. The predicted octanol–water partition coefficient (Wildman–Crippen LogP) is 3.77. The lowest BCUT2D eigenvalue weighted by Crippen LogP contribution is -2.53. The monoisotopic (exact) mass is 456 g/mol. The maximum Gasteiger partial charge on any atom is 0.356 e. The minimum atomic E-state index is -0.629. The third kappa shape index (κ3) is 4.68. The first-order valence-electron chi connectivity index (χ1n) is 10.9. The molecule has 1 amide bonds. The van der Waals surface area contributed by atoms with Crippen LogP contribution in [0.5, 0.6) is 0 Å². The Kier molecular flexibility index (Phi) is 6.60. The van der Waals surface area contributed by atoms with Crippen LogP contribution in [0.15, 0.2) is 42.5 Å². The largest absolute Gasteiger partial charge is 0.461 e. The van der Waals surface area contributed by atoms with E-state index in [0.717, 1.165) is 0 Å². The molecule has 33 heavy (non-hydrogen) atoms. The number of fused-ring (bicyclic) bond motifs is 1. The first-order chi connectivity index (χ1) is 15.9. The molecule has 1 aromatic heterocycles. The lowest BCUT2D eigenvalue weighted by molar-refractivity contribution is -0.120. The molecule has 2 heterocycles. The van der Waals surface area contributed by atoms with Gasteiger partial charge in [0.05, 0.1) is 24.0 Å². The third-order valence-corrected chi connectivity index (χ3v) is 5.92. The number of anilines is 2. The number of ether oxygens (including phenoxy) is 1. The van der Waals surface area contributed by atoms with Crippen LogP contribution in [0.3, 0.4) is 0 Å². The second-order valence-corrected chi connectivity index (χ2v) is 7.93. The number of carbonyl (C=O) groups excluding carboxylic acids is 2. The number of rotatable bonds is 6. The molecule has 0 saturated carbocycles. The molecule has 1 aliphatic rings. The molecular weight excluding hydrogens is 430 g/mol. The van der Waals surface area contributed by atoms with Gasteiger partial charge in [-0.2, -0.15) is 0 Å². The summed E-state index contributed by atoms with van der Waals surface area (Å²) >= 11 is 0. The molecular formula is C24H26F2N4O3. The zero-order valence-corrected chi connectivity index (χ0v) is 18.5. The fourth-order valence-corrected chi connectivity index (χ4v) is 4.10. The van der Waals surface area contributed by atoms with Crippen molar-refractivity contribution in [3.8, 4) is 0 Å². The zero-order valence-electron chi connectivity index (χ0n) is 18.5. The van der Waals surface area contributed by atoms with Crippen molar-refractivity contribution in [2.24, 2.45) is 0 Å². The molecule has 0 unspecified atom stereocenters. The second kappa shape index (κ2) is 9.58. The van der Waals surface area contributed by atoms with Crippen molar-refractivity contribution in [1.82, 2.24) is 9.88 Å². The number of esters is 1. The number of hydrogen-bond donors (Lipinski definition) is 2.